The van der Waals surface area contributed by atoms with Crippen molar-refractivity contribution in [2.75, 3.05) is 11.5 Å². The van der Waals surface area contributed by atoms with Crippen molar-refractivity contribution in [3.63, 3.8) is 0 Å². The molecular formula is C26H32FN3O5S. The predicted molar refractivity (Wildman–Crippen MR) is 135 cm³/mol. The summed E-state index contributed by atoms with van der Waals surface area (Å²) in [5.41, 5.74) is -0.149. The van der Waals surface area contributed by atoms with Gasteiger partial charge in [0.15, 0.2) is 15.6 Å². The van der Waals surface area contributed by atoms with Gasteiger partial charge in [-0.2, -0.15) is 5.10 Å². The number of ketones is 1. The van der Waals surface area contributed by atoms with Crippen LogP contribution in [0.5, 0.6) is 5.75 Å². The molecule has 1 aromatic carbocycles. The first-order valence-electron chi connectivity index (χ1n) is 11.8. The Balaban J connectivity index is 1.82. The lowest BCUT2D eigenvalue weighted by Crippen LogP contribution is -2.48. The van der Waals surface area contributed by atoms with Crippen LogP contribution in [0, 0.1) is 5.41 Å². The monoisotopic (exact) mass is 517 g/mol. The van der Waals surface area contributed by atoms with Gasteiger partial charge in [0.05, 0.1) is 28.2 Å². The van der Waals surface area contributed by atoms with E-state index in [1.165, 1.54) is 13.1 Å². The number of sulfone groups is 1. The smallest absolute Gasteiger partial charge is 0.235 e. The highest BCUT2D eigenvalue weighted by molar-refractivity contribution is 7.92. The predicted octanol–water partition coefficient (Wildman–Crippen LogP) is 4.31. The fourth-order valence-corrected chi connectivity index (χ4v) is 6.79. The van der Waals surface area contributed by atoms with E-state index in [1.807, 2.05) is 13.8 Å². The lowest BCUT2D eigenvalue weighted by molar-refractivity contribution is -0.0299. The number of hydrogen-bond donors (Lipinski definition) is 1. The van der Waals surface area contributed by atoms with Crippen LogP contribution in [-0.2, 0) is 15.4 Å². The Morgan fingerprint density at radius 1 is 1.25 bits per heavy atom. The van der Waals surface area contributed by atoms with E-state index in [0.717, 1.165) is 0 Å². The van der Waals surface area contributed by atoms with E-state index in [9.17, 15) is 22.7 Å². The zero-order chi connectivity index (χ0) is 26.7. The first-order valence-corrected chi connectivity index (χ1v) is 13.6. The lowest BCUT2D eigenvalue weighted by atomic mass is 9.85. The summed E-state index contributed by atoms with van der Waals surface area (Å²) >= 11 is 0. The van der Waals surface area contributed by atoms with Gasteiger partial charge in [-0.05, 0) is 45.9 Å². The van der Waals surface area contributed by atoms with Crippen LogP contribution in [0.2, 0.25) is 0 Å². The SMILES string of the molecule is CC(F)Oc1cccc(-c2nn(C(C)(C)C(C)(C)O)c3cc(C(=O)CC4(C)CS(=O)(=O)C4)cnc23)c1. The average Bonchev–Trinajstić information content (AvgIpc) is 3.10. The van der Waals surface area contributed by atoms with Gasteiger partial charge in [-0.1, -0.05) is 19.1 Å². The van der Waals surface area contributed by atoms with Gasteiger partial charge >= 0.3 is 0 Å². The van der Waals surface area contributed by atoms with Gasteiger partial charge in [0.1, 0.15) is 17.0 Å². The minimum atomic E-state index is -3.08. The van der Waals surface area contributed by atoms with Crippen molar-refractivity contribution in [3.05, 3.63) is 42.1 Å². The summed E-state index contributed by atoms with van der Waals surface area (Å²) in [6.07, 6.45) is 0.0799. The topological polar surface area (TPSA) is 111 Å². The number of carbonyl (C=O) groups excluding carboxylic acids is 1. The number of fused-ring (bicyclic) bond motifs is 1. The number of benzene rings is 1. The summed E-state index contributed by atoms with van der Waals surface area (Å²) in [7, 11) is -3.08. The third kappa shape index (κ3) is 4.88. The number of carbonyl (C=O) groups is 1. The maximum atomic E-state index is 13.4. The van der Waals surface area contributed by atoms with Crippen molar-refractivity contribution in [1.29, 1.82) is 0 Å². The van der Waals surface area contributed by atoms with Crippen molar-refractivity contribution in [1.82, 2.24) is 14.8 Å². The second-order valence-electron chi connectivity index (χ2n) is 11.1. The van der Waals surface area contributed by atoms with Crippen LogP contribution < -0.4 is 4.74 Å². The van der Waals surface area contributed by atoms with Crippen LogP contribution in [0.25, 0.3) is 22.3 Å². The van der Waals surface area contributed by atoms with Gasteiger partial charge < -0.3 is 9.84 Å². The van der Waals surface area contributed by atoms with Crippen LogP contribution >= 0.6 is 0 Å². The van der Waals surface area contributed by atoms with Crippen molar-refractivity contribution in [3.8, 4) is 17.0 Å². The molecule has 0 amide bonds. The van der Waals surface area contributed by atoms with Crippen LogP contribution in [0.4, 0.5) is 4.39 Å². The molecule has 1 fully saturated rings. The number of aliphatic hydroxyl groups is 1. The van der Waals surface area contributed by atoms with Gasteiger partial charge in [0.2, 0.25) is 6.36 Å². The van der Waals surface area contributed by atoms with Gasteiger partial charge in [-0.25, -0.2) is 12.8 Å². The Hall–Kier alpha value is -2.85. The summed E-state index contributed by atoms with van der Waals surface area (Å²) in [4.78, 5) is 17.7. The number of ether oxygens (including phenoxy) is 1. The van der Waals surface area contributed by atoms with E-state index < -0.39 is 32.7 Å². The summed E-state index contributed by atoms with van der Waals surface area (Å²) < 4.78 is 43.6. The number of halogens is 1. The number of alkyl halides is 1. The van der Waals surface area contributed by atoms with E-state index in [-0.39, 0.29) is 23.7 Å². The molecule has 1 aliphatic rings. The Kier molecular flexibility index (Phi) is 6.28. The number of aromatic nitrogens is 3. The van der Waals surface area contributed by atoms with Gasteiger partial charge in [-0.3, -0.25) is 14.5 Å². The highest BCUT2D eigenvalue weighted by Crippen LogP contribution is 2.39. The molecule has 1 N–H and O–H groups in total. The van der Waals surface area contributed by atoms with Gasteiger partial charge in [0.25, 0.3) is 0 Å². The Labute approximate surface area is 210 Å². The molecule has 194 valence electrons. The van der Waals surface area contributed by atoms with Crippen molar-refractivity contribution in [2.45, 2.75) is 65.5 Å². The zero-order valence-corrected chi connectivity index (χ0v) is 22.2. The number of pyridine rings is 1. The van der Waals surface area contributed by atoms with Crippen LogP contribution in [0.3, 0.4) is 0 Å². The van der Waals surface area contributed by atoms with E-state index >= 15 is 0 Å². The van der Waals surface area contributed by atoms with Crippen molar-refractivity contribution in [2.24, 2.45) is 5.41 Å². The molecule has 0 saturated carbocycles. The van der Waals surface area contributed by atoms with Crippen molar-refractivity contribution < 1.29 is 27.4 Å². The Bertz CT molecular complexity index is 1430. The molecule has 0 radical (unpaired) electrons. The number of Topliss-reactive ketones (excluding diaryl/α,β-unsaturated/α-hetero) is 1. The lowest BCUT2D eigenvalue weighted by Gasteiger charge is -2.38. The summed E-state index contributed by atoms with van der Waals surface area (Å²) in [6, 6.07) is 8.53. The first kappa shape index (κ1) is 26.2. The quantitative estimate of drug-likeness (QED) is 0.443. The highest BCUT2D eigenvalue weighted by atomic mass is 32.2. The van der Waals surface area contributed by atoms with E-state index in [2.05, 4.69) is 4.98 Å². The Morgan fingerprint density at radius 2 is 1.92 bits per heavy atom. The van der Waals surface area contributed by atoms with E-state index in [1.54, 1.807) is 55.8 Å². The second-order valence-corrected chi connectivity index (χ2v) is 13.2. The molecule has 2 aromatic heterocycles. The summed E-state index contributed by atoms with van der Waals surface area (Å²) in [5, 5.41) is 15.7. The summed E-state index contributed by atoms with van der Waals surface area (Å²) in [6.45, 7) is 10.1. The molecule has 3 heterocycles. The van der Waals surface area contributed by atoms with Crippen LogP contribution in [0.15, 0.2) is 36.5 Å². The summed E-state index contributed by atoms with van der Waals surface area (Å²) in [5.74, 6) is 0.114. The minimum absolute atomic E-state index is 0.00879. The molecule has 1 unspecified atom stereocenters. The van der Waals surface area contributed by atoms with Gasteiger partial charge in [-0.15, -0.1) is 0 Å². The molecule has 10 heteroatoms. The second kappa shape index (κ2) is 8.62. The largest absolute Gasteiger partial charge is 0.461 e. The number of hydrogen-bond acceptors (Lipinski definition) is 7. The molecule has 1 aliphatic heterocycles. The molecule has 1 atom stereocenters. The van der Waals surface area contributed by atoms with E-state index in [0.29, 0.717) is 33.6 Å². The maximum Gasteiger partial charge on any atom is 0.235 e. The molecule has 0 bridgehead atoms. The number of rotatable bonds is 8. The van der Waals surface area contributed by atoms with Crippen LogP contribution in [0.1, 0.15) is 58.3 Å². The maximum absolute atomic E-state index is 13.4. The minimum Gasteiger partial charge on any atom is -0.461 e. The molecule has 4 rings (SSSR count). The Morgan fingerprint density at radius 3 is 2.50 bits per heavy atom. The van der Waals surface area contributed by atoms with E-state index in [4.69, 9.17) is 9.84 Å². The fraction of sp³-hybridized carbons (Fsp3) is 0.500. The molecule has 36 heavy (non-hydrogen) atoms. The van der Waals surface area contributed by atoms with Crippen molar-refractivity contribution >= 4 is 26.7 Å². The van der Waals surface area contributed by atoms with Gasteiger partial charge in [0, 0.05) is 36.1 Å². The molecule has 8 nitrogen and oxygen atoms in total. The zero-order valence-electron chi connectivity index (χ0n) is 21.4. The molecule has 0 aliphatic carbocycles. The normalized spacial score (nSPS) is 18.0. The molecular weight excluding hydrogens is 485 g/mol. The highest BCUT2D eigenvalue weighted by Gasteiger charge is 2.46. The number of nitrogens with zero attached hydrogens (tertiary/aromatic N) is 3. The fourth-order valence-electron chi connectivity index (χ4n) is 4.55. The third-order valence-electron chi connectivity index (χ3n) is 7.00. The molecule has 0 spiro atoms. The standard InChI is InChI=1S/C26H32FN3O5S/c1-16(27)35-19-9-7-8-17(10-19)22-23-20(30(29-22)24(2,3)25(4,5)32)11-18(13-28-23)21(31)12-26(6)14-36(33,34)15-26/h7-11,13,16,32H,12,14-15H2,1-6H3. The molecule has 1 saturated heterocycles. The first-order chi connectivity index (χ1) is 16.5. The van der Waals surface area contributed by atoms with Crippen LogP contribution in [-0.4, -0.2) is 57.5 Å². The third-order valence-corrected chi connectivity index (χ3v) is 9.27. The molecule has 3 aromatic rings. The average molecular weight is 518 g/mol.